The molecule has 6 aliphatic carbocycles. The predicted octanol–water partition coefficient (Wildman–Crippen LogP) is 19.6. The van der Waals surface area contributed by atoms with Gasteiger partial charge in [0.2, 0.25) is 5.24 Å². The number of rotatable bonds is 48. The lowest BCUT2D eigenvalue weighted by molar-refractivity contribution is -0.155. The van der Waals surface area contributed by atoms with Crippen molar-refractivity contribution < 1.29 is 120 Å². The van der Waals surface area contributed by atoms with Crippen molar-refractivity contribution in [3.05, 3.63) is 232 Å². The molecule has 0 aliphatic heterocycles. The number of carboxylic acids is 1. The zero-order valence-corrected chi connectivity index (χ0v) is 79.5. The number of halogens is 1. The fraction of sp³-hybridized carbons (Fsp3) is 0.537. The van der Waals surface area contributed by atoms with Crippen molar-refractivity contribution in [2.45, 2.75) is 257 Å². The second-order valence-electron chi connectivity index (χ2n) is 36.1. The number of carbonyl (C=O) groups excluding carboxylic acids is 7. The second-order valence-corrected chi connectivity index (χ2v) is 36.5. The second kappa shape index (κ2) is 57.5. The largest absolute Gasteiger partial charge is 0.508 e. The number of methoxy groups -OCH3 is 3. The van der Waals surface area contributed by atoms with Gasteiger partial charge in [-0.2, -0.15) is 0 Å². The molecular weight excluding hydrogens is 1730 g/mol. The molecule has 0 saturated heterocycles. The summed E-state index contributed by atoms with van der Waals surface area (Å²) in [5.74, 6) is 1.70. The van der Waals surface area contributed by atoms with E-state index in [0.29, 0.717) is 60.2 Å². The van der Waals surface area contributed by atoms with Gasteiger partial charge in [0.1, 0.15) is 87.9 Å². The number of carboxylic acid groups (broad SMARTS) is 1. The van der Waals surface area contributed by atoms with Crippen LogP contribution in [-0.4, -0.2) is 160 Å². The van der Waals surface area contributed by atoms with Crippen molar-refractivity contribution in [3.63, 3.8) is 0 Å². The smallest absolute Gasteiger partial charge is 0.482 e. The Labute approximate surface area is 794 Å². The number of aliphatic hydroxyl groups is 2. The molecule has 0 heterocycles. The molecule has 7 aromatic rings. The first-order valence-corrected chi connectivity index (χ1v) is 48.5. The molecule has 0 unspecified atom stereocenters. The zero-order chi connectivity index (χ0) is 95.4. The molecule has 0 aromatic heterocycles. The van der Waals surface area contributed by atoms with Gasteiger partial charge in [-0.1, -0.05) is 223 Å². The molecule has 134 heavy (non-hydrogen) atoms. The molecule has 0 bridgehead atoms. The van der Waals surface area contributed by atoms with Gasteiger partial charge in [0, 0.05) is 21.3 Å². The number of ether oxygens (including phenoxy) is 14. The monoisotopic (exact) mass is 1870 g/mol. The van der Waals surface area contributed by atoms with Gasteiger partial charge in [0.25, 0.3) is 0 Å². The number of aliphatic hydroxyl groups excluding tert-OH is 2. The first-order chi connectivity index (χ1) is 65.1. The maximum atomic E-state index is 13.0. The lowest BCUT2D eigenvalue weighted by Crippen LogP contribution is -2.31. The van der Waals surface area contributed by atoms with Gasteiger partial charge in [0.05, 0.1) is 12.2 Å². The molecule has 0 radical (unpaired) electrons. The van der Waals surface area contributed by atoms with Gasteiger partial charge < -0.3 is 81.6 Å². The van der Waals surface area contributed by atoms with Crippen LogP contribution >= 0.6 is 11.6 Å². The van der Waals surface area contributed by atoms with Gasteiger partial charge in [-0.3, -0.25) is 4.79 Å². The Balaban J connectivity index is 0.000000205. The van der Waals surface area contributed by atoms with Crippen LogP contribution in [0, 0.1) is 53.3 Å². The number of fused-ring (bicyclic) bond motifs is 6. The van der Waals surface area contributed by atoms with Gasteiger partial charge in [-0.15, -0.1) is 0 Å². The quantitative estimate of drug-likeness (QED) is 0.0138. The van der Waals surface area contributed by atoms with Crippen molar-refractivity contribution in [2.75, 3.05) is 61.0 Å². The van der Waals surface area contributed by atoms with Crippen LogP contribution in [0.1, 0.15) is 211 Å². The van der Waals surface area contributed by atoms with E-state index in [2.05, 4.69) is 43.7 Å². The minimum atomic E-state index is -0.989. The lowest BCUT2D eigenvalue weighted by Gasteiger charge is -2.33. The topological polar surface area (TPSA) is 326 Å². The van der Waals surface area contributed by atoms with Crippen LogP contribution in [-0.2, 0) is 146 Å². The minimum Gasteiger partial charge on any atom is -0.482 e. The van der Waals surface area contributed by atoms with Gasteiger partial charge >= 0.3 is 42.2 Å². The summed E-state index contributed by atoms with van der Waals surface area (Å²) >= 11 is 4.81. The molecule has 26 heteroatoms. The highest BCUT2D eigenvalue weighted by Crippen LogP contribution is 2.53. The molecular formula is C108H139ClO25. The third-order valence-corrected chi connectivity index (χ3v) is 26.8. The first kappa shape index (κ1) is 106. The molecule has 3 saturated carbocycles. The number of unbranched alkanes of at least 4 members (excludes halogenated alkanes) is 6. The molecule has 13 rings (SSSR count). The van der Waals surface area contributed by atoms with Crippen LogP contribution in [0.4, 0.5) is 9.59 Å². The van der Waals surface area contributed by atoms with E-state index in [1.165, 1.54) is 38.0 Å². The van der Waals surface area contributed by atoms with Crippen molar-refractivity contribution in [3.8, 4) is 17.2 Å². The Morgan fingerprint density at radius 1 is 0.366 bits per heavy atom. The zero-order valence-electron chi connectivity index (χ0n) is 78.8. The standard InChI is InChI=1S/C41H50O9.C38H46O7.C26H38O7.C3H5ClO2/c1-3-4-7-18-33(49-40(43)27-45-2)20-21-34-35-22-31-17-12-19-37(46-28-39(42)47-25-29-13-8-5-9-14-29)36(31)23-32(35)24-38(34)50-41(44)48-26-30-15-10-6-11-16-30;1-2-3-6-17-31(39)19-20-32-33-21-29-16-11-18-35(42-26-37(40)43-24-27-12-7-4-8-13-27)34(29)22-30(33)23-36(32)45-38(41)44-25-28-14-9-5-10-15-28;1-3-4-5-8-19(33-26(30)16-31-2)10-11-20-21-12-17-7-6-9-24(32-15-25(28)29)22(17)13-18(21)14-23(20)27;1-6-2-3(4)5/h5-6,8-17,19,32-35,38H,3-4,7,18,20-28H2,1-2H3;4-5,7-16,18,30-33,36,39H,2-3,6,17,19-26H2,1H3;6-7,9,18-21,23,27H,3-5,8,10-16H2,1-2H3,(H,28,29);2H2,1H3/t32-,33-,34+,35-,38+;30-,31-,32+,33-,36+;18-,19-,20+,21-,23+;/m000./s1. The molecule has 25 nitrogen and oxygen atoms in total. The average molecular weight is 1870 g/mol. The Morgan fingerprint density at radius 3 is 1.07 bits per heavy atom. The normalized spacial score (nSPS) is 20.8. The average Bonchev–Trinajstić information content (AvgIpc) is 1.64. The predicted molar refractivity (Wildman–Crippen MR) is 505 cm³/mol. The summed E-state index contributed by atoms with van der Waals surface area (Å²) in [6.45, 7) is 6.38. The fourth-order valence-electron chi connectivity index (χ4n) is 20.2. The van der Waals surface area contributed by atoms with Crippen molar-refractivity contribution in [2.24, 2.45) is 53.3 Å². The molecule has 7 aromatic carbocycles. The van der Waals surface area contributed by atoms with Crippen LogP contribution in [0.5, 0.6) is 17.2 Å². The maximum Gasteiger partial charge on any atom is 0.508 e. The van der Waals surface area contributed by atoms with E-state index in [0.717, 1.165) is 193 Å². The number of carbonyl (C=O) groups is 8. The molecule has 6 aliphatic rings. The van der Waals surface area contributed by atoms with Crippen LogP contribution in [0.25, 0.3) is 0 Å². The third-order valence-electron chi connectivity index (χ3n) is 26.7. The summed E-state index contributed by atoms with van der Waals surface area (Å²) in [4.78, 5) is 95.9. The summed E-state index contributed by atoms with van der Waals surface area (Å²) < 4.78 is 77.3. The number of hydrogen-bond donors (Lipinski definition) is 3. The molecule has 15 atom stereocenters. The van der Waals surface area contributed by atoms with Crippen molar-refractivity contribution >= 4 is 59.0 Å². The molecule has 0 amide bonds. The van der Waals surface area contributed by atoms with Crippen LogP contribution < -0.4 is 14.2 Å². The summed E-state index contributed by atoms with van der Waals surface area (Å²) in [5, 5.41) is 30.1. The highest BCUT2D eigenvalue weighted by molar-refractivity contribution is 6.63. The Kier molecular flexibility index (Phi) is 45.3. The van der Waals surface area contributed by atoms with Crippen LogP contribution in [0.3, 0.4) is 0 Å². The van der Waals surface area contributed by atoms with E-state index in [-0.39, 0.29) is 144 Å². The fourth-order valence-corrected chi connectivity index (χ4v) is 20.3. The summed E-state index contributed by atoms with van der Waals surface area (Å²) in [7, 11) is 4.39. The maximum absolute atomic E-state index is 13.0. The van der Waals surface area contributed by atoms with E-state index < -0.39 is 35.5 Å². The van der Waals surface area contributed by atoms with Gasteiger partial charge in [-0.05, 0) is 267 Å². The highest BCUT2D eigenvalue weighted by atomic mass is 35.5. The van der Waals surface area contributed by atoms with E-state index in [1.54, 1.807) is 0 Å². The lowest BCUT2D eigenvalue weighted by atomic mass is 9.73. The number of aliphatic carboxylic acids is 1. The summed E-state index contributed by atoms with van der Waals surface area (Å²) in [6.07, 6.45) is 20.5. The van der Waals surface area contributed by atoms with E-state index >= 15 is 0 Å². The first-order valence-electron chi connectivity index (χ1n) is 48.1. The summed E-state index contributed by atoms with van der Waals surface area (Å²) in [5.41, 5.74) is 10.5. The Hall–Kier alpha value is -10.4. The number of benzene rings is 7. The van der Waals surface area contributed by atoms with Gasteiger partial charge in [0.15, 0.2) is 19.8 Å². The molecule has 728 valence electrons. The van der Waals surface area contributed by atoms with Crippen LogP contribution in [0.2, 0.25) is 0 Å². The summed E-state index contributed by atoms with van der Waals surface area (Å²) in [6, 6.07) is 56.1. The van der Waals surface area contributed by atoms with E-state index in [4.69, 9.17) is 78.3 Å². The van der Waals surface area contributed by atoms with Crippen molar-refractivity contribution in [1.82, 2.24) is 0 Å². The Bertz CT molecular complexity index is 4710. The number of esters is 4. The highest BCUT2D eigenvalue weighted by Gasteiger charge is 2.50. The van der Waals surface area contributed by atoms with Crippen molar-refractivity contribution in [1.29, 1.82) is 0 Å². The molecule has 3 N–H and O–H groups in total. The molecule has 0 spiro atoms. The minimum absolute atomic E-state index is 0.00154. The van der Waals surface area contributed by atoms with Gasteiger partial charge in [-0.25, -0.2) is 33.6 Å². The van der Waals surface area contributed by atoms with E-state index in [9.17, 15) is 48.6 Å². The SMILES string of the molecule is CCCCC[C@@H](CC[C@@H]1[C@H]2Cc3cccc(OCC(=O)O)c3C[C@H]2C[C@H]1O)OC(=O)COC.CCCCC[C@@H](CC[C@@H]1[C@H]2Cc3cccc(OCC(=O)OCc4ccccc4)c3C[C@H]2C[C@H]1OC(=O)OCc1ccccc1)OC(=O)COC.CCCCC[C@H](O)CC[C@@H]1[C@H]2Cc3cccc(OCC(=O)OCc4ccccc4)c3C[C@H]2C[C@H]1OC(=O)OCc1ccccc1.COCC(=O)Cl. The number of hydrogen-bond acceptors (Lipinski definition) is 24. The third kappa shape index (κ3) is 34.7. The van der Waals surface area contributed by atoms with Crippen LogP contribution in [0.15, 0.2) is 176 Å². The van der Waals surface area contributed by atoms with E-state index in [1.807, 2.05) is 158 Å². The Morgan fingerprint density at radius 2 is 0.709 bits per heavy atom. The molecule has 3 fully saturated rings.